The van der Waals surface area contributed by atoms with Crippen LogP contribution in [0.25, 0.3) is 0 Å². The molecule has 1 aromatic rings. The van der Waals surface area contributed by atoms with Crippen LogP contribution in [-0.2, 0) is 11.3 Å². The molecule has 0 spiro atoms. The van der Waals surface area contributed by atoms with Gasteiger partial charge >= 0.3 is 0 Å². The van der Waals surface area contributed by atoms with Gasteiger partial charge in [-0.15, -0.1) is 0 Å². The van der Waals surface area contributed by atoms with Gasteiger partial charge in [-0.25, -0.2) is 0 Å². The molecule has 0 saturated carbocycles. The predicted molar refractivity (Wildman–Crippen MR) is 71.9 cm³/mol. The third kappa shape index (κ3) is 1.89. The van der Waals surface area contributed by atoms with E-state index in [1.165, 1.54) is 5.56 Å². The quantitative estimate of drug-likeness (QED) is 0.933. The van der Waals surface area contributed by atoms with Crippen molar-refractivity contribution in [1.82, 2.24) is 5.32 Å². The standard InChI is InChI=1S/C14H13BrN2O/c15-12-6-11-7-14(9-16,13(12)18-11)17-8-10-4-2-1-3-5-10/h1-6,11,13,17H,7-8H2/t11-,13+,14-/m1/s1. The van der Waals surface area contributed by atoms with Crippen LogP contribution < -0.4 is 5.32 Å². The molecule has 0 unspecified atom stereocenters. The summed E-state index contributed by atoms with van der Waals surface area (Å²) >= 11 is 3.48. The van der Waals surface area contributed by atoms with Crippen molar-refractivity contribution >= 4 is 15.9 Å². The van der Waals surface area contributed by atoms with E-state index in [0.29, 0.717) is 6.54 Å². The highest BCUT2D eigenvalue weighted by Gasteiger charge is 2.53. The SMILES string of the molecule is N#C[C@]1(NCc2ccccc2)C[C@H]2C=C(Br)[C@@H]1O2. The normalized spacial score (nSPS) is 33.2. The van der Waals surface area contributed by atoms with Gasteiger partial charge in [0.15, 0.2) is 0 Å². The van der Waals surface area contributed by atoms with E-state index >= 15 is 0 Å². The zero-order chi connectivity index (χ0) is 12.6. The summed E-state index contributed by atoms with van der Waals surface area (Å²) in [6.45, 7) is 0.682. The number of hydrogen-bond acceptors (Lipinski definition) is 3. The van der Waals surface area contributed by atoms with Crippen LogP contribution >= 0.6 is 15.9 Å². The van der Waals surface area contributed by atoms with Crippen molar-refractivity contribution in [3.8, 4) is 6.07 Å². The van der Waals surface area contributed by atoms with Gasteiger partial charge in [0.1, 0.15) is 11.6 Å². The van der Waals surface area contributed by atoms with Crippen LogP contribution in [0.15, 0.2) is 40.9 Å². The second-order valence-corrected chi connectivity index (χ2v) is 5.65. The summed E-state index contributed by atoms with van der Waals surface area (Å²) in [6.07, 6.45) is 2.66. The summed E-state index contributed by atoms with van der Waals surface area (Å²) in [5.74, 6) is 0. The molecule has 2 aliphatic heterocycles. The summed E-state index contributed by atoms with van der Waals surface area (Å²) in [6, 6.07) is 12.5. The number of hydrogen-bond donors (Lipinski definition) is 1. The topological polar surface area (TPSA) is 45.0 Å². The molecule has 0 amide bonds. The van der Waals surface area contributed by atoms with E-state index in [9.17, 15) is 5.26 Å². The number of nitrogens with one attached hydrogen (secondary N) is 1. The highest BCUT2D eigenvalue weighted by atomic mass is 79.9. The molecule has 4 heteroatoms. The van der Waals surface area contributed by atoms with Gasteiger partial charge in [-0.1, -0.05) is 46.3 Å². The van der Waals surface area contributed by atoms with E-state index in [2.05, 4.69) is 39.4 Å². The van der Waals surface area contributed by atoms with E-state index in [1.807, 2.05) is 24.3 Å². The van der Waals surface area contributed by atoms with Gasteiger partial charge in [0.05, 0.1) is 12.2 Å². The van der Waals surface area contributed by atoms with Crippen molar-refractivity contribution in [3.05, 3.63) is 46.5 Å². The third-order valence-electron chi connectivity index (χ3n) is 3.53. The van der Waals surface area contributed by atoms with Crippen LogP contribution in [0.4, 0.5) is 0 Å². The number of halogens is 1. The number of fused-ring (bicyclic) bond motifs is 2. The molecular formula is C14H13BrN2O. The van der Waals surface area contributed by atoms with E-state index in [0.717, 1.165) is 10.9 Å². The summed E-state index contributed by atoms with van der Waals surface area (Å²) in [4.78, 5) is 0. The van der Waals surface area contributed by atoms with Crippen molar-refractivity contribution < 1.29 is 4.74 Å². The summed E-state index contributed by atoms with van der Waals surface area (Å²) < 4.78 is 6.74. The Kier molecular flexibility index (Phi) is 2.98. The maximum absolute atomic E-state index is 9.49. The smallest absolute Gasteiger partial charge is 0.140 e. The Bertz CT molecular complexity index is 522. The van der Waals surface area contributed by atoms with Gasteiger partial charge in [-0.05, 0) is 11.6 Å². The maximum Gasteiger partial charge on any atom is 0.140 e. The van der Waals surface area contributed by atoms with E-state index < -0.39 is 5.54 Å². The molecule has 3 nitrogen and oxygen atoms in total. The fourth-order valence-corrected chi connectivity index (χ4v) is 3.38. The fourth-order valence-electron chi connectivity index (χ4n) is 2.59. The van der Waals surface area contributed by atoms with Gasteiger partial charge in [-0.2, -0.15) is 5.26 Å². The molecular weight excluding hydrogens is 292 g/mol. The average molecular weight is 305 g/mol. The lowest BCUT2D eigenvalue weighted by atomic mass is 9.86. The number of ether oxygens (including phenoxy) is 1. The Morgan fingerprint density at radius 3 is 2.83 bits per heavy atom. The molecule has 1 aromatic carbocycles. The number of rotatable bonds is 3. The van der Waals surface area contributed by atoms with Crippen LogP contribution in [0, 0.1) is 11.3 Å². The minimum atomic E-state index is -0.603. The lowest BCUT2D eigenvalue weighted by molar-refractivity contribution is 0.102. The lowest BCUT2D eigenvalue weighted by Gasteiger charge is -2.29. The molecule has 2 aliphatic rings. The van der Waals surface area contributed by atoms with Crippen molar-refractivity contribution in [3.63, 3.8) is 0 Å². The van der Waals surface area contributed by atoms with Gasteiger partial charge in [-0.3, -0.25) is 5.32 Å². The highest BCUT2D eigenvalue weighted by molar-refractivity contribution is 9.11. The molecule has 2 bridgehead atoms. The molecule has 0 aromatic heterocycles. The van der Waals surface area contributed by atoms with Crippen molar-refractivity contribution in [2.75, 3.05) is 0 Å². The fraction of sp³-hybridized carbons (Fsp3) is 0.357. The van der Waals surface area contributed by atoms with Crippen molar-refractivity contribution in [1.29, 1.82) is 5.26 Å². The first-order chi connectivity index (χ1) is 8.73. The maximum atomic E-state index is 9.49. The Morgan fingerprint density at radius 1 is 1.44 bits per heavy atom. The first-order valence-electron chi connectivity index (χ1n) is 5.96. The molecule has 0 radical (unpaired) electrons. The molecule has 1 saturated heterocycles. The van der Waals surface area contributed by atoms with Gasteiger partial charge in [0, 0.05) is 17.4 Å². The monoisotopic (exact) mass is 304 g/mol. The molecule has 2 heterocycles. The predicted octanol–water partition coefficient (Wildman–Crippen LogP) is 2.49. The van der Waals surface area contributed by atoms with Gasteiger partial charge in [0.2, 0.25) is 0 Å². The van der Waals surface area contributed by atoms with Crippen LogP contribution in [0.3, 0.4) is 0 Å². The largest absolute Gasteiger partial charge is 0.362 e. The minimum absolute atomic E-state index is 0.0623. The Hall–Kier alpha value is -1.15. The number of nitriles is 1. The first-order valence-corrected chi connectivity index (χ1v) is 6.76. The number of benzene rings is 1. The molecule has 1 fully saturated rings. The van der Waals surface area contributed by atoms with Crippen LogP contribution in [0.2, 0.25) is 0 Å². The molecule has 0 aliphatic carbocycles. The van der Waals surface area contributed by atoms with E-state index in [-0.39, 0.29) is 12.2 Å². The van der Waals surface area contributed by atoms with Gasteiger partial charge < -0.3 is 4.74 Å². The second-order valence-electron chi connectivity index (χ2n) is 4.73. The second kappa shape index (κ2) is 4.51. The Morgan fingerprint density at radius 2 is 2.22 bits per heavy atom. The van der Waals surface area contributed by atoms with Crippen LogP contribution in [0.1, 0.15) is 12.0 Å². The molecule has 3 atom stereocenters. The molecule has 1 N–H and O–H groups in total. The van der Waals surface area contributed by atoms with Crippen molar-refractivity contribution in [2.24, 2.45) is 0 Å². The molecule has 18 heavy (non-hydrogen) atoms. The minimum Gasteiger partial charge on any atom is -0.362 e. The van der Waals surface area contributed by atoms with Crippen LogP contribution in [0.5, 0.6) is 0 Å². The Balaban J connectivity index is 1.75. The first kappa shape index (κ1) is 11.9. The van der Waals surface area contributed by atoms with E-state index in [4.69, 9.17) is 4.74 Å². The zero-order valence-corrected chi connectivity index (χ0v) is 11.4. The third-order valence-corrected chi connectivity index (χ3v) is 4.21. The zero-order valence-electron chi connectivity index (χ0n) is 9.77. The number of nitrogens with zero attached hydrogens (tertiary/aromatic N) is 1. The summed E-state index contributed by atoms with van der Waals surface area (Å²) in [5.41, 5.74) is 0.573. The van der Waals surface area contributed by atoms with Gasteiger partial charge in [0.25, 0.3) is 0 Å². The molecule has 92 valence electrons. The average Bonchev–Trinajstić information content (AvgIpc) is 2.94. The molecule has 3 rings (SSSR count). The Labute approximate surface area is 115 Å². The summed E-state index contributed by atoms with van der Waals surface area (Å²) in [7, 11) is 0. The van der Waals surface area contributed by atoms with Crippen LogP contribution in [-0.4, -0.2) is 17.7 Å². The highest BCUT2D eigenvalue weighted by Crippen LogP contribution is 2.43. The lowest BCUT2D eigenvalue weighted by Crippen LogP contribution is -2.51. The van der Waals surface area contributed by atoms with E-state index in [1.54, 1.807) is 0 Å². The van der Waals surface area contributed by atoms with Crippen molar-refractivity contribution in [2.45, 2.75) is 30.7 Å². The summed E-state index contributed by atoms with van der Waals surface area (Å²) in [5, 5.41) is 12.9.